The van der Waals surface area contributed by atoms with Crippen LogP contribution < -0.4 is 5.32 Å². The van der Waals surface area contributed by atoms with Crippen molar-refractivity contribution in [3.05, 3.63) is 33.0 Å². The van der Waals surface area contributed by atoms with Crippen LogP contribution in [0.4, 0.5) is 0 Å². The molecule has 2 aromatic heterocycles. The Hall–Kier alpha value is -1.20. The van der Waals surface area contributed by atoms with Crippen LogP contribution in [0.2, 0.25) is 0 Å². The second-order valence-electron chi connectivity index (χ2n) is 5.33. The maximum Gasteiger partial charge on any atom is 0.0959 e. The van der Waals surface area contributed by atoms with Gasteiger partial charge in [0.15, 0.2) is 0 Å². The number of nitrogens with one attached hydrogen (secondary N) is 1. The van der Waals surface area contributed by atoms with Crippen molar-refractivity contribution in [3.8, 4) is 0 Å². The van der Waals surface area contributed by atoms with Crippen LogP contribution in [0.5, 0.6) is 0 Å². The lowest BCUT2D eigenvalue weighted by Gasteiger charge is -2.03. The van der Waals surface area contributed by atoms with E-state index in [9.17, 15) is 0 Å². The molecule has 4 nitrogen and oxygen atoms in total. The smallest absolute Gasteiger partial charge is 0.0959 e. The molecule has 0 radical (unpaired) electrons. The van der Waals surface area contributed by atoms with E-state index >= 15 is 0 Å². The molecule has 3 rings (SSSR count). The Morgan fingerprint density at radius 3 is 2.79 bits per heavy atom. The van der Waals surface area contributed by atoms with Gasteiger partial charge >= 0.3 is 0 Å². The first-order chi connectivity index (χ1) is 9.15. The summed E-state index contributed by atoms with van der Waals surface area (Å²) < 4.78 is 1.94. The first kappa shape index (κ1) is 12.8. The summed E-state index contributed by atoms with van der Waals surface area (Å²) in [4.78, 5) is 4.69. The van der Waals surface area contributed by atoms with Crippen LogP contribution in [-0.4, -0.2) is 14.8 Å². The zero-order valence-corrected chi connectivity index (χ0v) is 12.5. The molecule has 1 aliphatic carbocycles. The SMILES string of the molecule is Cc1nn(C)c(C)c1CNCc1csc(C2CC2)n1. The van der Waals surface area contributed by atoms with E-state index in [1.165, 1.54) is 34.8 Å². The summed E-state index contributed by atoms with van der Waals surface area (Å²) in [5.41, 5.74) is 4.83. The molecule has 2 heterocycles. The molecule has 19 heavy (non-hydrogen) atoms. The van der Waals surface area contributed by atoms with Crippen molar-refractivity contribution in [2.45, 2.75) is 45.7 Å². The van der Waals surface area contributed by atoms with Crippen molar-refractivity contribution >= 4 is 11.3 Å². The van der Waals surface area contributed by atoms with Crippen LogP contribution in [0.1, 0.15) is 46.4 Å². The van der Waals surface area contributed by atoms with Crippen molar-refractivity contribution in [2.75, 3.05) is 0 Å². The van der Waals surface area contributed by atoms with Gasteiger partial charge in [-0.05, 0) is 26.7 Å². The molecule has 1 aliphatic rings. The van der Waals surface area contributed by atoms with E-state index in [1.54, 1.807) is 0 Å². The van der Waals surface area contributed by atoms with Crippen LogP contribution >= 0.6 is 11.3 Å². The summed E-state index contributed by atoms with van der Waals surface area (Å²) in [7, 11) is 1.99. The van der Waals surface area contributed by atoms with Crippen LogP contribution in [0.3, 0.4) is 0 Å². The summed E-state index contributed by atoms with van der Waals surface area (Å²) in [5, 5.41) is 11.4. The quantitative estimate of drug-likeness (QED) is 0.913. The highest BCUT2D eigenvalue weighted by atomic mass is 32.1. The van der Waals surface area contributed by atoms with Gasteiger partial charge < -0.3 is 5.32 Å². The molecule has 2 aromatic rings. The molecule has 5 heteroatoms. The summed E-state index contributed by atoms with van der Waals surface area (Å²) in [5.74, 6) is 0.765. The van der Waals surface area contributed by atoms with E-state index < -0.39 is 0 Å². The summed E-state index contributed by atoms with van der Waals surface area (Å²) >= 11 is 1.81. The Bertz CT molecular complexity index is 580. The van der Waals surface area contributed by atoms with Crippen LogP contribution in [0.25, 0.3) is 0 Å². The van der Waals surface area contributed by atoms with Crippen LogP contribution in [0.15, 0.2) is 5.38 Å². The lowest BCUT2D eigenvalue weighted by atomic mass is 10.2. The third kappa shape index (κ3) is 2.72. The van der Waals surface area contributed by atoms with Crippen molar-refractivity contribution < 1.29 is 0 Å². The van der Waals surface area contributed by atoms with Gasteiger partial charge in [-0.1, -0.05) is 0 Å². The van der Waals surface area contributed by atoms with Gasteiger partial charge in [0.2, 0.25) is 0 Å². The molecule has 0 aromatic carbocycles. The Morgan fingerprint density at radius 1 is 1.37 bits per heavy atom. The fourth-order valence-electron chi connectivity index (χ4n) is 2.31. The Kier molecular flexibility index (Phi) is 3.41. The van der Waals surface area contributed by atoms with Crippen molar-refractivity contribution in [1.29, 1.82) is 0 Å². The van der Waals surface area contributed by atoms with E-state index in [0.717, 1.165) is 24.7 Å². The maximum absolute atomic E-state index is 4.69. The van der Waals surface area contributed by atoms with Gasteiger partial charge in [-0.3, -0.25) is 4.68 Å². The molecule has 0 bridgehead atoms. The fraction of sp³-hybridized carbons (Fsp3) is 0.571. The van der Waals surface area contributed by atoms with Gasteiger partial charge in [0, 0.05) is 42.7 Å². The predicted octanol–water partition coefficient (Wildman–Crippen LogP) is 2.66. The largest absolute Gasteiger partial charge is 0.307 e. The number of hydrogen-bond donors (Lipinski definition) is 1. The monoisotopic (exact) mass is 276 g/mol. The van der Waals surface area contributed by atoms with Gasteiger partial charge in [-0.2, -0.15) is 5.10 Å². The molecule has 0 aliphatic heterocycles. The van der Waals surface area contributed by atoms with E-state index in [2.05, 4.69) is 34.6 Å². The van der Waals surface area contributed by atoms with Gasteiger partial charge in [0.1, 0.15) is 0 Å². The summed E-state index contributed by atoms with van der Waals surface area (Å²) in [6, 6.07) is 0. The molecule has 102 valence electrons. The highest BCUT2D eigenvalue weighted by molar-refractivity contribution is 7.09. The number of aromatic nitrogens is 3. The van der Waals surface area contributed by atoms with E-state index in [-0.39, 0.29) is 0 Å². The molecular formula is C14H20N4S. The highest BCUT2D eigenvalue weighted by Crippen LogP contribution is 2.41. The Labute approximate surface area is 117 Å². The third-order valence-corrected chi connectivity index (χ3v) is 4.82. The fourth-order valence-corrected chi connectivity index (χ4v) is 3.30. The number of thiazole rings is 1. The summed E-state index contributed by atoms with van der Waals surface area (Å²) in [6.45, 7) is 5.89. The predicted molar refractivity (Wildman–Crippen MR) is 77.3 cm³/mol. The molecule has 0 spiro atoms. The molecule has 1 saturated carbocycles. The lowest BCUT2D eigenvalue weighted by molar-refractivity contribution is 0.673. The number of hydrogen-bond acceptors (Lipinski definition) is 4. The molecule has 0 amide bonds. The highest BCUT2D eigenvalue weighted by Gasteiger charge is 2.26. The van der Waals surface area contributed by atoms with E-state index in [4.69, 9.17) is 0 Å². The van der Waals surface area contributed by atoms with E-state index in [1.807, 2.05) is 23.1 Å². The van der Waals surface area contributed by atoms with Gasteiger partial charge in [0.25, 0.3) is 0 Å². The Balaban J connectivity index is 1.57. The van der Waals surface area contributed by atoms with Gasteiger partial charge in [0.05, 0.1) is 16.4 Å². The lowest BCUT2D eigenvalue weighted by Crippen LogP contribution is -2.14. The topological polar surface area (TPSA) is 42.7 Å². The molecule has 1 fully saturated rings. The minimum Gasteiger partial charge on any atom is -0.307 e. The standard InChI is InChI=1S/C14H20N4S/c1-9-13(10(2)18(3)17-9)7-15-6-12-8-19-14(16-12)11-4-5-11/h8,11,15H,4-7H2,1-3H3. The summed E-state index contributed by atoms with van der Waals surface area (Å²) in [6.07, 6.45) is 2.66. The normalized spacial score (nSPS) is 15.1. The third-order valence-electron chi connectivity index (χ3n) is 3.76. The Morgan fingerprint density at radius 2 is 2.16 bits per heavy atom. The molecule has 0 unspecified atom stereocenters. The van der Waals surface area contributed by atoms with Crippen LogP contribution in [0, 0.1) is 13.8 Å². The molecule has 0 atom stereocenters. The van der Waals surface area contributed by atoms with Crippen molar-refractivity contribution in [2.24, 2.45) is 7.05 Å². The average molecular weight is 276 g/mol. The number of rotatable bonds is 5. The number of aryl methyl sites for hydroxylation is 2. The van der Waals surface area contributed by atoms with Gasteiger partial charge in [-0.15, -0.1) is 11.3 Å². The second-order valence-corrected chi connectivity index (χ2v) is 6.22. The molecular weight excluding hydrogens is 256 g/mol. The average Bonchev–Trinajstić information content (AvgIpc) is 3.08. The van der Waals surface area contributed by atoms with Crippen LogP contribution in [-0.2, 0) is 20.1 Å². The first-order valence-corrected chi connectivity index (χ1v) is 7.67. The van der Waals surface area contributed by atoms with Gasteiger partial charge in [-0.25, -0.2) is 4.98 Å². The minimum atomic E-state index is 0.765. The van der Waals surface area contributed by atoms with E-state index in [0.29, 0.717) is 0 Å². The minimum absolute atomic E-state index is 0.765. The maximum atomic E-state index is 4.69. The molecule has 0 saturated heterocycles. The first-order valence-electron chi connectivity index (χ1n) is 6.79. The van der Waals surface area contributed by atoms with Crippen molar-refractivity contribution in [3.63, 3.8) is 0 Å². The zero-order chi connectivity index (χ0) is 13.4. The zero-order valence-electron chi connectivity index (χ0n) is 11.7. The number of nitrogens with zero attached hydrogens (tertiary/aromatic N) is 3. The second kappa shape index (κ2) is 5.06. The molecule has 1 N–H and O–H groups in total. The van der Waals surface area contributed by atoms with Crippen molar-refractivity contribution in [1.82, 2.24) is 20.1 Å².